The maximum absolute atomic E-state index is 9.26. The summed E-state index contributed by atoms with van der Waals surface area (Å²) in [6.07, 6.45) is 0.444. The Kier molecular flexibility index (Phi) is 40.9. The van der Waals surface area contributed by atoms with Gasteiger partial charge in [-0.25, -0.2) is 0 Å². The molecule has 0 aliphatic heterocycles. The van der Waals surface area contributed by atoms with Crippen LogP contribution >= 0.6 is 0 Å². The van der Waals surface area contributed by atoms with Crippen molar-refractivity contribution in [3.8, 4) is 0 Å². The van der Waals surface area contributed by atoms with E-state index < -0.39 is 23.9 Å². The molecule has 0 fully saturated rings. The van der Waals surface area contributed by atoms with Crippen molar-refractivity contribution in [3.63, 3.8) is 0 Å². The number of carbonyl (C=O) groups is 4. The minimum absolute atomic E-state index is 0. The fourth-order valence-electron chi connectivity index (χ4n) is 0. The Morgan fingerprint density at radius 2 is 0.571 bits per heavy atom. The minimum Gasteiger partial charge on any atom is -0.550 e. The third-order valence-corrected chi connectivity index (χ3v) is 1.15. The van der Waals surface area contributed by atoms with Crippen LogP contribution in [-0.2, 0) is 40.2 Å². The predicted molar refractivity (Wildman–Crippen MR) is 61.2 cm³/mol. The zero-order chi connectivity index (χ0) is 17.1. The summed E-state index contributed by atoms with van der Waals surface area (Å²) in [5.74, 6) is -3.98. The number of carbonyl (C=O) groups excluding carboxylic acids is 4. The van der Waals surface area contributed by atoms with Gasteiger partial charge in [0.25, 0.3) is 0 Å². The molecule has 0 spiro atoms. The predicted octanol–water partition coefficient (Wildman–Crippen LogP) is -3.42. The molecule has 0 unspecified atom stereocenters. The second-order valence-corrected chi connectivity index (χ2v) is 2.90. The summed E-state index contributed by atoms with van der Waals surface area (Å²) in [7, 11) is 0. The zero-order valence-electron chi connectivity index (χ0n) is 12.4. The van der Waals surface area contributed by atoms with Crippen molar-refractivity contribution in [2.75, 3.05) is 0 Å². The number of hydrogen-bond acceptors (Lipinski definition) is 8. The second-order valence-electron chi connectivity index (χ2n) is 2.90. The van der Waals surface area contributed by atoms with E-state index in [0.717, 1.165) is 0 Å². The third-order valence-electron chi connectivity index (χ3n) is 1.15. The van der Waals surface area contributed by atoms with Crippen LogP contribution in [0.2, 0.25) is 0 Å². The average molecular weight is 487 g/mol. The summed E-state index contributed by atoms with van der Waals surface area (Å²) in [6.45, 7) is 6.15. The molecule has 0 aromatic rings. The van der Waals surface area contributed by atoms with Crippen LogP contribution in [0.25, 0.3) is 0 Å². The van der Waals surface area contributed by atoms with Crippen LogP contribution in [0.1, 0.15) is 53.4 Å². The average Bonchev–Trinajstić information content (AvgIpc) is 2.40. The van der Waals surface area contributed by atoms with Crippen molar-refractivity contribution in [2.45, 2.75) is 53.4 Å². The molecule has 0 radical (unpaired) electrons. The fourth-order valence-corrected chi connectivity index (χ4v) is 0. The van der Waals surface area contributed by atoms with Crippen molar-refractivity contribution in [2.24, 2.45) is 0 Å². The van der Waals surface area contributed by atoms with Gasteiger partial charge in [-0.1, -0.05) is 27.7 Å². The molecule has 126 valence electrons. The van der Waals surface area contributed by atoms with Crippen LogP contribution in [0.5, 0.6) is 0 Å². The largest absolute Gasteiger partial charge is 4.00 e. The van der Waals surface area contributed by atoms with Crippen LogP contribution in [-0.4, -0.2) is 23.9 Å². The van der Waals surface area contributed by atoms with E-state index in [1.807, 2.05) is 0 Å². The van der Waals surface area contributed by atoms with Crippen molar-refractivity contribution < 1.29 is 60.7 Å². The van der Waals surface area contributed by atoms with Gasteiger partial charge in [-0.05, 0) is 25.7 Å². The first-order chi connectivity index (χ1) is 9.08. The van der Waals surface area contributed by atoms with Gasteiger partial charge in [-0.2, -0.15) is 0 Å². The number of aliphatic carboxylic acids is 4. The standard InChI is InChI=1S/4C3H6O2.Pt/c4*1-2-3(4)5;/h4*2H2,1H3,(H,4,5);/q;;;;+4/p-4. The van der Waals surface area contributed by atoms with Crippen molar-refractivity contribution >= 4 is 23.9 Å². The summed E-state index contributed by atoms with van der Waals surface area (Å²) in [6, 6.07) is 0. The van der Waals surface area contributed by atoms with Gasteiger partial charge in [-0.15, -0.1) is 0 Å². The fraction of sp³-hybridized carbons (Fsp3) is 0.667. The van der Waals surface area contributed by atoms with Gasteiger partial charge in [-0.3, -0.25) is 0 Å². The molecule has 0 bridgehead atoms. The molecule has 0 aliphatic rings. The van der Waals surface area contributed by atoms with Gasteiger partial charge in [0.2, 0.25) is 0 Å². The van der Waals surface area contributed by atoms with E-state index in [4.69, 9.17) is 0 Å². The molecule has 0 amide bonds. The third kappa shape index (κ3) is 118. The molecule has 0 N–H and O–H groups in total. The van der Waals surface area contributed by atoms with Gasteiger partial charge in [0.05, 0.1) is 0 Å². The summed E-state index contributed by atoms with van der Waals surface area (Å²) in [5, 5.41) is 37.0. The maximum Gasteiger partial charge on any atom is 4.00 e. The summed E-state index contributed by atoms with van der Waals surface area (Å²) in [5.41, 5.74) is 0. The second kappa shape index (κ2) is 27.0. The van der Waals surface area contributed by atoms with E-state index >= 15 is 0 Å². The molecular weight excluding hydrogens is 467 g/mol. The molecule has 21 heavy (non-hydrogen) atoms. The Morgan fingerprint density at radius 3 is 0.571 bits per heavy atom. The SMILES string of the molecule is CCC(=O)[O-].CCC(=O)[O-].CCC(=O)[O-].CCC(=O)[O-].[Pt+4]. The molecule has 0 saturated heterocycles. The van der Waals surface area contributed by atoms with Crippen LogP contribution < -0.4 is 20.4 Å². The summed E-state index contributed by atoms with van der Waals surface area (Å²) < 4.78 is 0. The monoisotopic (exact) mass is 487 g/mol. The molecule has 0 atom stereocenters. The molecule has 0 aromatic carbocycles. The molecule has 8 nitrogen and oxygen atoms in total. The number of hydrogen-bond donors (Lipinski definition) is 0. The van der Waals surface area contributed by atoms with Crippen molar-refractivity contribution in [3.05, 3.63) is 0 Å². The molecular formula is C12H20O8Pt. The molecule has 0 rings (SSSR count). The van der Waals surface area contributed by atoms with Gasteiger partial charge >= 0.3 is 21.1 Å². The first-order valence-corrected chi connectivity index (χ1v) is 5.88. The van der Waals surface area contributed by atoms with Crippen LogP contribution in [0.15, 0.2) is 0 Å². The zero-order valence-corrected chi connectivity index (χ0v) is 14.7. The summed E-state index contributed by atoms with van der Waals surface area (Å²) in [4.78, 5) is 37.0. The van der Waals surface area contributed by atoms with Gasteiger partial charge in [0.15, 0.2) is 0 Å². The van der Waals surface area contributed by atoms with E-state index in [-0.39, 0.29) is 46.7 Å². The molecule has 0 saturated carbocycles. The Bertz CT molecular complexity index is 222. The smallest absolute Gasteiger partial charge is 0.550 e. The van der Waals surface area contributed by atoms with Crippen molar-refractivity contribution in [1.82, 2.24) is 0 Å². The molecule has 0 aromatic heterocycles. The normalized spacial score (nSPS) is 7.05. The Labute approximate surface area is 138 Å². The Morgan fingerprint density at radius 1 is 0.524 bits per heavy atom. The van der Waals surface area contributed by atoms with Gasteiger partial charge in [0.1, 0.15) is 0 Å². The van der Waals surface area contributed by atoms with Crippen LogP contribution in [0.4, 0.5) is 0 Å². The summed E-state index contributed by atoms with van der Waals surface area (Å²) >= 11 is 0. The van der Waals surface area contributed by atoms with E-state index in [1.54, 1.807) is 0 Å². The van der Waals surface area contributed by atoms with E-state index in [0.29, 0.717) is 0 Å². The number of carboxylic acid groups (broad SMARTS) is 4. The Balaban J connectivity index is -0.0000000533. The Hall–Kier alpha value is -1.43. The van der Waals surface area contributed by atoms with Gasteiger partial charge < -0.3 is 39.6 Å². The molecule has 9 heteroatoms. The van der Waals surface area contributed by atoms with Crippen molar-refractivity contribution in [1.29, 1.82) is 0 Å². The molecule has 0 aliphatic carbocycles. The van der Waals surface area contributed by atoms with Crippen LogP contribution in [0, 0.1) is 0 Å². The molecule has 0 heterocycles. The van der Waals surface area contributed by atoms with Crippen LogP contribution in [0.3, 0.4) is 0 Å². The first kappa shape index (κ1) is 31.8. The first-order valence-electron chi connectivity index (χ1n) is 5.88. The van der Waals surface area contributed by atoms with Gasteiger partial charge in [0, 0.05) is 23.9 Å². The topological polar surface area (TPSA) is 161 Å². The maximum atomic E-state index is 9.26. The number of carboxylic acids is 4. The van der Waals surface area contributed by atoms with E-state index in [1.165, 1.54) is 27.7 Å². The number of rotatable bonds is 4. The van der Waals surface area contributed by atoms with E-state index in [2.05, 4.69) is 0 Å². The quantitative estimate of drug-likeness (QED) is 0.396. The van der Waals surface area contributed by atoms with E-state index in [9.17, 15) is 39.6 Å². The minimum atomic E-state index is -0.995.